The summed E-state index contributed by atoms with van der Waals surface area (Å²) in [6, 6.07) is 14.0. The third kappa shape index (κ3) is 6.43. The summed E-state index contributed by atoms with van der Waals surface area (Å²) in [6.07, 6.45) is 3.08. The van der Waals surface area contributed by atoms with Crippen molar-refractivity contribution < 1.29 is 9.90 Å². The number of thiocarbonyl (C=S) groups is 1. The Kier molecular flexibility index (Phi) is 8.14. The fraction of sp³-hybridized carbons (Fsp3) is 0.391. The molecule has 1 fully saturated rings. The zero-order valence-electron chi connectivity index (χ0n) is 16.9. The molecule has 0 aromatic heterocycles. The van der Waals surface area contributed by atoms with Crippen molar-refractivity contribution in [1.29, 1.82) is 0 Å². The van der Waals surface area contributed by atoms with Crippen LogP contribution in [0.3, 0.4) is 0 Å². The molecule has 0 aliphatic heterocycles. The third-order valence-electron chi connectivity index (χ3n) is 5.63. The number of carboxylic acid groups (broad SMARTS) is 1. The van der Waals surface area contributed by atoms with Crippen LogP contribution in [0.25, 0.3) is 0 Å². The Hall–Kier alpha value is -1.63. The Balaban J connectivity index is 1.72. The van der Waals surface area contributed by atoms with Crippen LogP contribution in [0.5, 0.6) is 0 Å². The highest BCUT2D eigenvalue weighted by atomic mass is 79.9. The molecule has 2 aromatic rings. The zero-order chi connectivity index (χ0) is 21.7. The summed E-state index contributed by atoms with van der Waals surface area (Å²) in [6.45, 7) is 3.41. The summed E-state index contributed by atoms with van der Waals surface area (Å²) < 4.78 is 1.03. The topological polar surface area (TPSA) is 55.4 Å². The molecule has 1 aliphatic rings. The lowest BCUT2D eigenvalue weighted by Crippen LogP contribution is -2.40. The lowest BCUT2D eigenvalue weighted by atomic mass is 9.82. The van der Waals surface area contributed by atoms with Gasteiger partial charge in [-0.1, -0.05) is 45.7 Å². The zero-order valence-corrected chi connectivity index (χ0v) is 20.0. The van der Waals surface area contributed by atoms with Crippen molar-refractivity contribution in [3.05, 3.63) is 63.1 Å². The average molecular weight is 509 g/mol. The number of halogens is 2. The maximum Gasteiger partial charge on any atom is 0.173 e. The van der Waals surface area contributed by atoms with E-state index in [1.54, 1.807) is 0 Å². The summed E-state index contributed by atoms with van der Waals surface area (Å²) in [5.41, 5.74) is 3.03. The molecule has 0 unspecified atom stereocenters. The molecule has 4 nitrogen and oxygen atoms in total. The third-order valence-corrected chi connectivity index (χ3v) is 6.89. The van der Waals surface area contributed by atoms with Crippen molar-refractivity contribution in [2.75, 3.05) is 11.9 Å². The molecule has 0 atom stereocenters. The van der Waals surface area contributed by atoms with E-state index in [4.69, 9.17) is 23.8 Å². The first kappa shape index (κ1) is 23.0. The van der Waals surface area contributed by atoms with Gasteiger partial charge in [-0.05, 0) is 92.1 Å². The van der Waals surface area contributed by atoms with Gasteiger partial charge in [-0.3, -0.25) is 0 Å². The van der Waals surface area contributed by atoms with Gasteiger partial charge in [0.1, 0.15) is 0 Å². The summed E-state index contributed by atoms with van der Waals surface area (Å²) in [5.74, 6) is -0.846. The van der Waals surface area contributed by atoms with Gasteiger partial charge in [-0.25, -0.2) is 0 Å². The van der Waals surface area contributed by atoms with Crippen LogP contribution in [0, 0.1) is 18.8 Å². The molecule has 0 heterocycles. The molecule has 1 saturated carbocycles. The van der Waals surface area contributed by atoms with Gasteiger partial charge in [0.25, 0.3) is 0 Å². The van der Waals surface area contributed by atoms with Gasteiger partial charge in [-0.2, -0.15) is 0 Å². The SMILES string of the molecule is Cc1ccc(NC(=S)N(Cc2cccc(Br)c2)CC2CCC(C(=O)[O-])CC2)cc1Cl. The highest BCUT2D eigenvalue weighted by Gasteiger charge is 2.25. The fourth-order valence-corrected chi connectivity index (χ4v) is 4.72. The fourth-order valence-electron chi connectivity index (χ4n) is 3.84. The molecular weight excluding hydrogens is 484 g/mol. The van der Waals surface area contributed by atoms with Crippen LogP contribution >= 0.6 is 39.7 Å². The number of anilines is 1. The van der Waals surface area contributed by atoms with Gasteiger partial charge < -0.3 is 20.1 Å². The number of carbonyl (C=O) groups excluding carboxylic acids is 1. The Morgan fingerprint density at radius 2 is 1.97 bits per heavy atom. The quantitative estimate of drug-likeness (QED) is 0.546. The normalized spacial score (nSPS) is 18.6. The van der Waals surface area contributed by atoms with E-state index in [-0.39, 0.29) is 5.92 Å². The van der Waals surface area contributed by atoms with Crippen molar-refractivity contribution in [2.24, 2.45) is 11.8 Å². The molecule has 7 heteroatoms. The maximum atomic E-state index is 11.2. The van der Waals surface area contributed by atoms with E-state index in [9.17, 15) is 9.90 Å². The Morgan fingerprint density at radius 3 is 2.60 bits per heavy atom. The van der Waals surface area contributed by atoms with Gasteiger partial charge in [0, 0.05) is 34.2 Å². The van der Waals surface area contributed by atoms with Crippen LogP contribution in [0.1, 0.15) is 36.8 Å². The van der Waals surface area contributed by atoms with Crippen LogP contribution in [0.15, 0.2) is 46.9 Å². The first-order chi connectivity index (χ1) is 14.3. The monoisotopic (exact) mass is 507 g/mol. The lowest BCUT2D eigenvalue weighted by Gasteiger charge is -2.34. The number of hydrogen-bond donors (Lipinski definition) is 1. The van der Waals surface area contributed by atoms with E-state index in [1.807, 2.05) is 37.3 Å². The van der Waals surface area contributed by atoms with Crippen LogP contribution in [0.4, 0.5) is 5.69 Å². The molecule has 2 aromatic carbocycles. The number of nitrogens with zero attached hydrogens (tertiary/aromatic N) is 1. The minimum atomic E-state index is -0.923. The molecule has 0 radical (unpaired) electrons. The smallest absolute Gasteiger partial charge is 0.173 e. The van der Waals surface area contributed by atoms with E-state index in [0.717, 1.165) is 40.7 Å². The Bertz CT molecular complexity index is 916. The highest BCUT2D eigenvalue weighted by molar-refractivity contribution is 9.10. The predicted octanol–water partition coefficient (Wildman–Crippen LogP) is 5.17. The number of aliphatic carboxylic acids is 1. The second-order valence-corrected chi connectivity index (χ2v) is 9.65. The largest absolute Gasteiger partial charge is 0.550 e. The van der Waals surface area contributed by atoms with Crippen molar-refractivity contribution in [3.63, 3.8) is 0 Å². The van der Waals surface area contributed by atoms with Crippen LogP contribution in [0.2, 0.25) is 5.02 Å². The summed E-state index contributed by atoms with van der Waals surface area (Å²) in [5, 5.41) is 15.8. The van der Waals surface area contributed by atoms with Gasteiger partial charge in [0.05, 0.1) is 0 Å². The molecule has 3 rings (SSSR count). The molecule has 1 N–H and O–H groups in total. The second-order valence-electron chi connectivity index (χ2n) is 7.94. The van der Waals surface area contributed by atoms with Gasteiger partial charge >= 0.3 is 0 Å². The van der Waals surface area contributed by atoms with Gasteiger partial charge in [0.15, 0.2) is 5.11 Å². The van der Waals surface area contributed by atoms with Crippen LogP contribution < -0.4 is 10.4 Å². The van der Waals surface area contributed by atoms with E-state index in [2.05, 4.69) is 38.3 Å². The number of rotatable bonds is 6. The van der Waals surface area contributed by atoms with E-state index >= 15 is 0 Å². The molecule has 0 bridgehead atoms. The van der Waals surface area contributed by atoms with Crippen molar-refractivity contribution in [1.82, 2.24) is 4.90 Å². The summed E-state index contributed by atoms with van der Waals surface area (Å²) in [4.78, 5) is 13.3. The highest BCUT2D eigenvalue weighted by Crippen LogP contribution is 2.30. The molecule has 160 valence electrons. The summed E-state index contributed by atoms with van der Waals surface area (Å²) >= 11 is 15.6. The summed E-state index contributed by atoms with van der Waals surface area (Å²) in [7, 11) is 0. The van der Waals surface area contributed by atoms with Crippen molar-refractivity contribution in [2.45, 2.75) is 39.2 Å². The number of nitrogens with one attached hydrogen (secondary N) is 1. The van der Waals surface area contributed by atoms with E-state index in [1.165, 1.54) is 0 Å². The Morgan fingerprint density at radius 1 is 1.23 bits per heavy atom. The molecule has 0 amide bonds. The van der Waals surface area contributed by atoms with Crippen molar-refractivity contribution in [3.8, 4) is 0 Å². The minimum Gasteiger partial charge on any atom is -0.550 e. The number of carbonyl (C=O) groups is 1. The molecule has 0 saturated heterocycles. The second kappa shape index (κ2) is 10.6. The van der Waals surface area contributed by atoms with Gasteiger partial charge in [0.2, 0.25) is 0 Å². The minimum absolute atomic E-state index is 0.320. The van der Waals surface area contributed by atoms with Crippen LogP contribution in [-0.2, 0) is 11.3 Å². The average Bonchev–Trinajstić information content (AvgIpc) is 2.70. The van der Waals surface area contributed by atoms with Crippen molar-refractivity contribution >= 4 is 56.5 Å². The predicted molar refractivity (Wildman–Crippen MR) is 127 cm³/mol. The molecule has 0 spiro atoms. The van der Waals surface area contributed by atoms with E-state index < -0.39 is 5.97 Å². The Labute approximate surface area is 196 Å². The van der Waals surface area contributed by atoms with Gasteiger partial charge in [-0.15, -0.1) is 0 Å². The molecule has 1 aliphatic carbocycles. The first-order valence-corrected chi connectivity index (χ1v) is 11.7. The van der Waals surface area contributed by atoms with E-state index in [0.29, 0.717) is 35.4 Å². The number of benzene rings is 2. The standard InChI is InChI=1S/C23H26BrClN2O2S/c1-15-5-10-20(12-21(15)25)26-23(30)27(14-17-3-2-4-19(24)11-17)13-16-6-8-18(9-7-16)22(28)29/h2-5,10-12,16,18H,6-9,13-14H2,1H3,(H,26,30)(H,28,29)/p-1. The number of aryl methyl sites for hydroxylation is 1. The maximum absolute atomic E-state index is 11.2. The first-order valence-electron chi connectivity index (χ1n) is 10.1. The molecule has 30 heavy (non-hydrogen) atoms. The number of hydrogen-bond acceptors (Lipinski definition) is 3. The number of carboxylic acids is 1. The van der Waals surface area contributed by atoms with Crippen LogP contribution in [-0.4, -0.2) is 22.5 Å². The molecular formula is C23H25BrClN2O2S-. The lowest BCUT2D eigenvalue weighted by molar-refractivity contribution is -0.312.